The Morgan fingerprint density at radius 3 is 2.70 bits per heavy atom. The highest BCUT2D eigenvalue weighted by molar-refractivity contribution is 6.33. The second-order valence-electron chi connectivity index (χ2n) is 6.73. The van der Waals surface area contributed by atoms with Crippen LogP contribution in [-0.2, 0) is 25.0 Å². The molecule has 0 radical (unpaired) electrons. The van der Waals surface area contributed by atoms with Crippen LogP contribution in [0, 0.1) is 0 Å². The van der Waals surface area contributed by atoms with Crippen molar-refractivity contribution in [1.82, 2.24) is 24.6 Å². The first-order chi connectivity index (χ1) is 10.8. The summed E-state index contributed by atoms with van der Waals surface area (Å²) >= 11 is 6.13. The van der Waals surface area contributed by atoms with Crippen LogP contribution in [0.5, 0.6) is 0 Å². The third-order valence-electron chi connectivity index (χ3n) is 3.91. The molecule has 3 rings (SSSR count). The molecule has 122 valence electrons. The number of halogens is 1. The molecule has 6 nitrogen and oxygen atoms in total. The summed E-state index contributed by atoms with van der Waals surface area (Å²) < 4.78 is 1.62. The number of hydrogen-bond donors (Lipinski definition) is 0. The van der Waals surface area contributed by atoms with E-state index >= 15 is 0 Å². The molecule has 0 aliphatic carbocycles. The molecule has 1 aliphatic heterocycles. The van der Waals surface area contributed by atoms with Gasteiger partial charge in [-0.15, -0.1) is 0 Å². The first kappa shape index (κ1) is 15.9. The van der Waals surface area contributed by atoms with E-state index in [2.05, 4.69) is 35.8 Å². The van der Waals surface area contributed by atoms with Crippen LogP contribution in [0.1, 0.15) is 55.3 Å². The van der Waals surface area contributed by atoms with Crippen molar-refractivity contribution >= 4 is 17.5 Å². The van der Waals surface area contributed by atoms with Gasteiger partial charge in [0.2, 0.25) is 0 Å². The minimum Gasteiger partial charge on any atom is -0.327 e. The summed E-state index contributed by atoms with van der Waals surface area (Å²) in [5.74, 6) is 0.673. The summed E-state index contributed by atoms with van der Waals surface area (Å²) in [6.45, 7) is 9.74. The Bertz CT molecular complexity index is 762. The number of amides is 1. The van der Waals surface area contributed by atoms with Crippen molar-refractivity contribution < 1.29 is 4.79 Å². The first-order valence-electron chi connectivity index (χ1n) is 7.67. The molecular weight excluding hydrogens is 314 g/mol. The average Bonchev–Trinajstić information content (AvgIpc) is 3.07. The zero-order chi connectivity index (χ0) is 16.8. The lowest BCUT2D eigenvalue weighted by Crippen LogP contribution is -2.28. The van der Waals surface area contributed by atoms with Gasteiger partial charge in [0.1, 0.15) is 11.5 Å². The lowest BCUT2D eigenvalue weighted by Gasteiger charge is -2.17. The number of fused-ring (bicyclic) bond motifs is 1. The third kappa shape index (κ3) is 2.83. The average molecular weight is 334 g/mol. The van der Waals surface area contributed by atoms with E-state index in [1.807, 2.05) is 13.1 Å². The first-order valence-corrected chi connectivity index (χ1v) is 8.05. The summed E-state index contributed by atoms with van der Waals surface area (Å²) in [5, 5.41) is 4.52. The van der Waals surface area contributed by atoms with Crippen LogP contribution in [0.15, 0.2) is 12.4 Å². The van der Waals surface area contributed by atoms with E-state index < -0.39 is 0 Å². The van der Waals surface area contributed by atoms with Crippen molar-refractivity contribution in [1.29, 1.82) is 0 Å². The highest BCUT2D eigenvalue weighted by Crippen LogP contribution is 2.27. The van der Waals surface area contributed by atoms with Crippen LogP contribution < -0.4 is 0 Å². The Labute approximate surface area is 140 Å². The molecular formula is C16H20ClN5O. The molecule has 0 atom stereocenters. The van der Waals surface area contributed by atoms with Crippen LogP contribution in [-0.4, -0.2) is 30.6 Å². The fourth-order valence-electron chi connectivity index (χ4n) is 2.62. The van der Waals surface area contributed by atoms with E-state index in [0.29, 0.717) is 30.4 Å². The van der Waals surface area contributed by atoms with Gasteiger partial charge < -0.3 is 4.90 Å². The van der Waals surface area contributed by atoms with Crippen LogP contribution in [0.3, 0.4) is 0 Å². The summed E-state index contributed by atoms with van der Waals surface area (Å²) in [6.07, 6.45) is 3.34. The Balaban J connectivity index is 1.87. The molecule has 23 heavy (non-hydrogen) atoms. The molecule has 1 aliphatic rings. The molecule has 0 bridgehead atoms. The molecule has 0 saturated carbocycles. The monoisotopic (exact) mass is 333 g/mol. The Hall–Kier alpha value is -1.95. The van der Waals surface area contributed by atoms with Crippen LogP contribution in [0.4, 0.5) is 0 Å². The van der Waals surface area contributed by atoms with Gasteiger partial charge in [0.05, 0.1) is 23.5 Å². The summed E-state index contributed by atoms with van der Waals surface area (Å²) in [4.78, 5) is 23.6. The predicted octanol–water partition coefficient (Wildman–Crippen LogP) is 2.80. The minimum atomic E-state index is -0.121. The molecule has 0 N–H and O–H groups in total. The molecule has 0 fully saturated rings. The number of carbonyl (C=O) groups excluding carboxylic acids is 1. The van der Waals surface area contributed by atoms with Gasteiger partial charge in [-0.2, -0.15) is 5.10 Å². The molecule has 0 unspecified atom stereocenters. The van der Waals surface area contributed by atoms with Gasteiger partial charge in [-0.05, 0) is 6.92 Å². The number of rotatable bonds is 2. The van der Waals surface area contributed by atoms with Gasteiger partial charge in [-0.25, -0.2) is 9.97 Å². The van der Waals surface area contributed by atoms with Crippen LogP contribution in [0.2, 0.25) is 5.02 Å². The van der Waals surface area contributed by atoms with Crippen molar-refractivity contribution in [2.24, 2.45) is 0 Å². The van der Waals surface area contributed by atoms with Crippen molar-refractivity contribution in [2.75, 3.05) is 0 Å². The molecule has 1 amide bonds. The molecule has 3 heterocycles. The van der Waals surface area contributed by atoms with E-state index in [1.54, 1.807) is 9.58 Å². The van der Waals surface area contributed by atoms with Crippen molar-refractivity contribution in [3.63, 3.8) is 0 Å². The molecule has 2 aromatic rings. The second-order valence-corrected chi connectivity index (χ2v) is 7.14. The van der Waals surface area contributed by atoms with Gasteiger partial charge >= 0.3 is 0 Å². The molecule has 2 aromatic heterocycles. The number of nitrogens with zero attached hydrogens (tertiary/aromatic N) is 5. The summed E-state index contributed by atoms with van der Waals surface area (Å²) in [6, 6.07) is 0. The predicted molar refractivity (Wildman–Crippen MR) is 87.2 cm³/mol. The second kappa shape index (κ2) is 5.60. The Morgan fingerprint density at radius 1 is 1.30 bits per heavy atom. The fourth-order valence-corrected chi connectivity index (χ4v) is 2.85. The van der Waals surface area contributed by atoms with Crippen molar-refractivity contribution in [2.45, 2.75) is 52.7 Å². The SMILES string of the molecule is CCn1ncc(Cl)c1C(=O)N1Cc2cnc(C(C)(C)C)nc2C1. The Kier molecular flexibility index (Phi) is 3.88. The molecule has 0 saturated heterocycles. The topological polar surface area (TPSA) is 63.9 Å². The summed E-state index contributed by atoms with van der Waals surface area (Å²) in [5.41, 5.74) is 2.23. The quantitative estimate of drug-likeness (QED) is 0.847. The summed E-state index contributed by atoms with van der Waals surface area (Å²) in [7, 11) is 0. The van der Waals surface area contributed by atoms with Crippen molar-refractivity contribution in [3.8, 4) is 0 Å². The molecule has 0 aromatic carbocycles. The van der Waals surface area contributed by atoms with Crippen molar-refractivity contribution in [3.05, 3.63) is 40.2 Å². The number of hydrogen-bond acceptors (Lipinski definition) is 4. The smallest absolute Gasteiger partial charge is 0.274 e. The minimum absolute atomic E-state index is 0.114. The van der Waals surface area contributed by atoms with Crippen LogP contribution in [0.25, 0.3) is 0 Å². The largest absolute Gasteiger partial charge is 0.327 e. The lowest BCUT2D eigenvalue weighted by molar-refractivity contribution is 0.0738. The zero-order valence-electron chi connectivity index (χ0n) is 13.8. The number of carbonyl (C=O) groups is 1. The van der Waals surface area contributed by atoms with E-state index in [4.69, 9.17) is 11.6 Å². The van der Waals surface area contributed by atoms with Gasteiger partial charge in [-0.3, -0.25) is 9.48 Å². The van der Waals surface area contributed by atoms with E-state index in [0.717, 1.165) is 17.1 Å². The highest BCUT2D eigenvalue weighted by Gasteiger charge is 2.30. The van der Waals surface area contributed by atoms with Gasteiger partial charge in [0.25, 0.3) is 5.91 Å². The number of aromatic nitrogens is 4. The maximum atomic E-state index is 12.8. The van der Waals surface area contributed by atoms with E-state index in [1.165, 1.54) is 6.20 Å². The van der Waals surface area contributed by atoms with E-state index in [-0.39, 0.29) is 11.3 Å². The van der Waals surface area contributed by atoms with E-state index in [9.17, 15) is 4.79 Å². The molecule has 7 heteroatoms. The maximum Gasteiger partial charge on any atom is 0.274 e. The fraction of sp³-hybridized carbons (Fsp3) is 0.500. The lowest BCUT2D eigenvalue weighted by atomic mass is 9.95. The standard InChI is InChI=1S/C16H20ClN5O/c1-5-22-13(11(17)7-19-22)14(23)21-8-10-6-18-15(16(2,3)4)20-12(10)9-21/h6-7H,5,8-9H2,1-4H3. The van der Waals surface area contributed by atoms with Gasteiger partial charge in [-0.1, -0.05) is 32.4 Å². The number of aryl methyl sites for hydroxylation is 1. The van der Waals surface area contributed by atoms with Gasteiger partial charge in [0, 0.05) is 30.3 Å². The Morgan fingerprint density at radius 2 is 2.04 bits per heavy atom. The highest BCUT2D eigenvalue weighted by atomic mass is 35.5. The van der Waals surface area contributed by atoms with Crippen LogP contribution >= 0.6 is 11.6 Å². The normalized spacial score (nSPS) is 14.2. The zero-order valence-corrected chi connectivity index (χ0v) is 14.6. The molecule has 0 spiro atoms. The maximum absolute atomic E-state index is 12.8. The van der Waals surface area contributed by atoms with Gasteiger partial charge in [0.15, 0.2) is 0 Å². The third-order valence-corrected chi connectivity index (χ3v) is 4.19.